The second-order valence-corrected chi connectivity index (χ2v) is 2.79. The van der Waals surface area contributed by atoms with E-state index in [1.54, 1.807) is 0 Å². The molecule has 1 fully saturated rings. The normalized spacial score (nSPS) is 48.2. The highest BCUT2D eigenvalue weighted by Crippen LogP contribution is 2.29. The Kier molecular flexibility index (Phi) is 2.67. The highest BCUT2D eigenvalue weighted by Gasteiger charge is 2.54. The quantitative estimate of drug-likeness (QED) is 0.306. The van der Waals surface area contributed by atoms with Crippen LogP contribution in [0, 0.1) is 0 Å². The van der Waals surface area contributed by atoms with Gasteiger partial charge in [-0.3, -0.25) is 0 Å². The van der Waals surface area contributed by atoms with Crippen LogP contribution in [-0.4, -0.2) is 62.8 Å². The standard InChI is InChI=1S/C6H12O6/c7-1-3-6(11,2-8)4(9)5(10)12-3/h3-5,7-11H,1-2H2/t3-,4+,5+,6+/m1/s1. The Balaban J connectivity index is 2.80. The Morgan fingerprint density at radius 2 is 1.83 bits per heavy atom. The predicted octanol–water partition coefficient (Wildman–Crippen LogP) is -3.22. The average molecular weight is 180 g/mol. The summed E-state index contributed by atoms with van der Waals surface area (Å²) in [5.74, 6) is 0. The van der Waals surface area contributed by atoms with E-state index in [1.165, 1.54) is 0 Å². The second kappa shape index (κ2) is 3.25. The van der Waals surface area contributed by atoms with Gasteiger partial charge >= 0.3 is 0 Å². The number of hydrogen-bond acceptors (Lipinski definition) is 6. The van der Waals surface area contributed by atoms with Crippen LogP contribution < -0.4 is 0 Å². The van der Waals surface area contributed by atoms with Crippen LogP contribution in [0.1, 0.15) is 0 Å². The molecule has 1 saturated heterocycles. The molecule has 72 valence electrons. The first-order valence-electron chi connectivity index (χ1n) is 3.52. The van der Waals surface area contributed by atoms with E-state index in [2.05, 4.69) is 4.74 Å². The molecule has 12 heavy (non-hydrogen) atoms. The molecule has 0 spiro atoms. The summed E-state index contributed by atoms with van der Waals surface area (Å²) in [6.07, 6.45) is -4.33. The van der Waals surface area contributed by atoms with Gasteiger partial charge in [0.25, 0.3) is 0 Å². The Morgan fingerprint density at radius 3 is 2.17 bits per heavy atom. The van der Waals surface area contributed by atoms with Crippen LogP contribution in [0.2, 0.25) is 0 Å². The average Bonchev–Trinajstić information content (AvgIpc) is 2.30. The third kappa shape index (κ3) is 1.22. The maximum atomic E-state index is 9.45. The lowest BCUT2D eigenvalue weighted by Gasteiger charge is -2.26. The summed E-state index contributed by atoms with van der Waals surface area (Å²) in [6.45, 7) is -1.36. The molecule has 5 N–H and O–H groups in total. The third-order valence-corrected chi connectivity index (χ3v) is 2.06. The fourth-order valence-corrected chi connectivity index (χ4v) is 1.19. The molecule has 0 saturated carbocycles. The molecule has 1 heterocycles. The summed E-state index contributed by atoms with van der Waals surface area (Å²) in [7, 11) is 0. The van der Waals surface area contributed by atoms with Gasteiger partial charge in [-0.15, -0.1) is 0 Å². The maximum Gasteiger partial charge on any atom is 0.184 e. The predicted molar refractivity (Wildman–Crippen MR) is 36.0 cm³/mol. The number of aliphatic hydroxyl groups is 5. The molecule has 0 aliphatic carbocycles. The maximum absolute atomic E-state index is 9.45. The van der Waals surface area contributed by atoms with Gasteiger partial charge in [-0.05, 0) is 0 Å². The van der Waals surface area contributed by atoms with E-state index in [9.17, 15) is 5.11 Å². The lowest BCUT2D eigenvalue weighted by molar-refractivity contribution is -0.132. The molecule has 1 aliphatic heterocycles. The van der Waals surface area contributed by atoms with E-state index in [4.69, 9.17) is 20.4 Å². The fourth-order valence-electron chi connectivity index (χ4n) is 1.19. The van der Waals surface area contributed by atoms with Gasteiger partial charge in [-0.2, -0.15) is 0 Å². The van der Waals surface area contributed by atoms with Crippen molar-refractivity contribution in [3.63, 3.8) is 0 Å². The highest BCUT2D eigenvalue weighted by atomic mass is 16.7. The molecule has 1 rings (SSSR count). The fraction of sp³-hybridized carbons (Fsp3) is 1.00. The summed E-state index contributed by atoms with van der Waals surface area (Å²) >= 11 is 0. The topological polar surface area (TPSA) is 110 Å². The van der Waals surface area contributed by atoms with Gasteiger partial charge in [0.15, 0.2) is 6.29 Å². The van der Waals surface area contributed by atoms with Crippen LogP contribution in [0.15, 0.2) is 0 Å². The summed E-state index contributed by atoms with van der Waals surface area (Å²) in [6, 6.07) is 0. The molecule has 0 aromatic carbocycles. The smallest absolute Gasteiger partial charge is 0.184 e. The molecule has 0 amide bonds. The Hall–Kier alpha value is -0.240. The van der Waals surface area contributed by atoms with E-state index < -0.39 is 37.3 Å². The van der Waals surface area contributed by atoms with Gasteiger partial charge in [0.2, 0.25) is 0 Å². The van der Waals surface area contributed by atoms with Crippen molar-refractivity contribution in [2.75, 3.05) is 13.2 Å². The van der Waals surface area contributed by atoms with Crippen molar-refractivity contribution in [1.82, 2.24) is 0 Å². The van der Waals surface area contributed by atoms with Crippen molar-refractivity contribution in [2.45, 2.75) is 24.1 Å². The molecule has 0 aromatic rings. The summed E-state index contributed by atoms with van der Waals surface area (Å²) in [5.41, 5.74) is -1.98. The molecule has 6 heteroatoms. The zero-order valence-corrected chi connectivity index (χ0v) is 6.29. The van der Waals surface area contributed by atoms with Crippen LogP contribution in [0.4, 0.5) is 0 Å². The second-order valence-electron chi connectivity index (χ2n) is 2.79. The van der Waals surface area contributed by atoms with Gasteiger partial charge in [0.1, 0.15) is 17.8 Å². The van der Waals surface area contributed by atoms with Crippen LogP contribution in [0.3, 0.4) is 0 Å². The van der Waals surface area contributed by atoms with E-state index in [-0.39, 0.29) is 0 Å². The highest BCUT2D eigenvalue weighted by molar-refractivity contribution is 5.00. The summed E-state index contributed by atoms with van der Waals surface area (Å²) < 4.78 is 4.57. The number of rotatable bonds is 2. The van der Waals surface area contributed by atoms with Crippen molar-refractivity contribution in [3.8, 4) is 0 Å². The van der Waals surface area contributed by atoms with Crippen molar-refractivity contribution in [1.29, 1.82) is 0 Å². The summed E-state index contributed by atoms with van der Waals surface area (Å²) in [5, 5.41) is 44.8. The Morgan fingerprint density at radius 1 is 1.25 bits per heavy atom. The lowest BCUT2D eigenvalue weighted by atomic mass is 9.94. The Bertz CT molecular complexity index is 162. The number of ether oxygens (including phenoxy) is 1. The van der Waals surface area contributed by atoms with Crippen LogP contribution >= 0.6 is 0 Å². The van der Waals surface area contributed by atoms with Gasteiger partial charge in [-0.1, -0.05) is 0 Å². The molecule has 6 nitrogen and oxygen atoms in total. The SMILES string of the molecule is OC[C@H]1O[C@H](O)[C@H](O)[C@]1(O)CO. The first-order valence-corrected chi connectivity index (χ1v) is 3.52. The first-order chi connectivity index (χ1) is 5.56. The first kappa shape index (κ1) is 9.85. The number of hydrogen-bond donors (Lipinski definition) is 5. The van der Waals surface area contributed by atoms with E-state index in [0.29, 0.717) is 0 Å². The minimum Gasteiger partial charge on any atom is -0.394 e. The van der Waals surface area contributed by atoms with Crippen LogP contribution in [-0.2, 0) is 4.74 Å². The van der Waals surface area contributed by atoms with Crippen molar-refractivity contribution in [2.24, 2.45) is 0 Å². The molecular weight excluding hydrogens is 168 g/mol. The van der Waals surface area contributed by atoms with Gasteiger partial charge < -0.3 is 30.3 Å². The van der Waals surface area contributed by atoms with E-state index in [0.717, 1.165) is 0 Å². The van der Waals surface area contributed by atoms with Crippen LogP contribution in [0.5, 0.6) is 0 Å². The molecule has 4 atom stereocenters. The molecule has 0 bridgehead atoms. The minimum atomic E-state index is -1.98. The van der Waals surface area contributed by atoms with Gasteiger partial charge in [-0.25, -0.2) is 0 Å². The minimum absolute atomic E-state index is 0.578. The van der Waals surface area contributed by atoms with E-state index >= 15 is 0 Å². The monoisotopic (exact) mass is 180 g/mol. The summed E-state index contributed by atoms with van der Waals surface area (Å²) in [4.78, 5) is 0. The lowest BCUT2D eigenvalue weighted by Crippen LogP contribution is -2.52. The third-order valence-electron chi connectivity index (χ3n) is 2.06. The van der Waals surface area contributed by atoms with Crippen molar-refractivity contribution >= 4 is 0 Å². The zero-order chi connectivity index (χ0) is 9.35. The van der Waals surface area contributed by atoms with Crippen molar-refractivity contribution in [3.05, 3.63) is 0 Å². The molecule has 0 unspecified atom stereocenters. The molecule has 1 aliphatic rings. The Labute approximate surface area is 68.6 Å². The number of aliphatic hydroxyl groups excluding tert-OH is 4. The van der Waals surface area contributed by atoms with Gasteiger partial charge in [0.05, 0.1) is 13.2 Å². The van der Waals surface area contributed by atoms with Gasteiger partial charge in [0, 0.05) is 0 Å². The molecule has 0 aromatic heterocycles. The van der Waals surface area contributed by atoms with Crippen molar-refractivity contribution < 1.29 is 30.3 Å². The molecular formula is C6H12O6. The largest absolute Gasteiger partial charge is 0.394 e. The van der Waals surface area contributed by atoms with E-state index in [1.807, 2.05) is 0 Å². The molecule has 0 radical (unpaired) electrons. The van der Waals surface area contributed by atoms with Crippen LogP contribution in [0.25, 0.3) is 0 Å². The zero-order valence-electron chi connectivity index (χ0n) is 6.29.